The largest absolute Gasteiger partial charge is 0.398 e. The fourth-order valence-electron chi connectivity index (χ4n) is 2.51. The highest BCUT2D eigenvalue weighted by Gasteiger charge is 2.22. The minimum Gasteiger partial charge on any atom is -0.398 e. The number of fused-ring (bicyclic) bond motifs is 1. The molecule has 7 heteroatoms. The molecule has 0 aliphatic carbocycles. The van der Waals surface area contributed by atoms with Crippen LogP contribution in [-0.2, 0) is 4.79 Å². The quantitative estimate of drug-likeness (QED) is 0.527. The second-order valence-corrected chi connectivity index (χ2v) is 7.85. The van der Waals surface area contributed by atoms with E-state index in [0.717, 1.165) is 26.9 Å². The third kappa shape index (κ3) is 2.71. The number of nitrogens with one attached hydrogen (secondary N) is 1. The molecule has 24 heavy (non-hydrogen) atoms. The number of para-hydroxylation sites is 1. The Morgan fingerprint density at radius 3 is 2.92 bits per heavy atom. The minimum atomic E-state index is -0.146. The lowest BCUT2D eigenvalue weighted by Crippen LogP contribution is -2.17. The van der Waals surface area contributed by atoms with Gasteiger partial charge < -0.3 is 11.1 Å². The van der Waals surface area contributed by atoms with Crippen LogP contribution < -0.4 is 11.1 Å². The van der Waals surface area contributed by atoms with E-state index in [2.05, 4.69) is 10.3 Å². The Balaban J connectivity index is 1.73. The van der Waals surface area contributed by atoms with Crippen LogP contribution in [0.25, 0.3) is 28.1 Å². The first-order valence-electron chi connectivity index (χ1n) is 7.09. The summed E-state index contributed by atoms with van der Waals surface area (Å²) in [5.74, 6) is -0.146. The molecule has 3 heterocycles. The summed E-state index contributed by atoms with van der Waals surface area (Å²) < 4.78 is 0.492. The van der Waals surface area contributed by atoms with Gasteiger partial charge >= 0.3 is 0 Å². The summed E-state index contributed by atoms with van der Waals surface area (Å²) >= 11 is 7.83. The number of hydrogen-bond donors (Lipinski definition) is 2. The number of pyridine rings is 1. The van der Waals surface area contributed by atoms with Gasteiger partial charge in [0.2, 0.25) is 0 Å². The predicted octanol–water partition coefficient (Wildman–Crippen LogP) is 4.03. The first-order valence-corrected chi connectivity index (χ1v) is 9.19. The molecule has 2 aromatic heterocycles. The van der Waals surface area contributed by atoms with E-state index in [1.54, 1.807) is 17.5 Å². The zero-order valence-electron chi connectivity index (χ0n) is 12.3. The van der Waals surface area contributed by atoms with Gasteiger partial charge in [-0.1, -0.05) is 42.2 Å². The summed E-state index contributed by atoms with van der Waals surface area (Å²) in [6.07, 6.45) is 3.64. The number of thioether (sulfide) groups is 1. The van der Waals surface area contributed by atoms with Gasteiger partial charge in [0.1, 0.15) is 4.32 Å². The lowest BCUT2D eigenvalue weighted by atomic mass is 10.1. The van der Waals surface area contributed by atoms with Crippen LogP contribution in [0, 0.1) is 0 Å². The van der Waals surface area contributed by atoms with Crippen molar-refractivity contribution in [2.45, 2.75) is 0 Å². The average molecular weight is 369 g/mol. The third-order valence-electron chi connectivity index (χ3n) is 3.66. The molecule has 0 unspecified atom stereocenters. The summed E-state index contributed by atoms with van der Waals surface area (Å²) in [5.41, 5.74) is 9.81. The minimum absolute atomic E-state index is 0.146. The molecular formula is C17H11N3OS3. The SMILES string of the molecule is Nc1c(-c2csc(C=C3SC(=S)NC3=O)c2)cnc2ccccc12. The van der Waals surface area contributed by atoms with Gasteiger partial charge in [0.15, 0.2) is 0 Å². The van der Waals surface area contributed by atoms with E-state index in [0.29, 0.717) is 14.9 Å². The topological polar surface area (TPSA) is 68.0 Å². The number of aromatic nitrogens is 1. The number of thiophene rings is 1. The highest BCUT2D eigenvalue weighted by atomic mass is 32.2. The first kappa shape index (κ1) is 15.3. The number of carbonyl (C=O) groups is 1. The highest BCUT2D eigenvalue weighted by molar-refractivity contribution is 8.26. The lowest BCUT2D eigenvalue weighted by molar-refractivity contribution is -0.115. The van der Waals surface area contributed by atoms with Crippen molar-refractivity contribution in [3.63, 3.8) is 0 Å². The van der Waals surface area contributed by atoms with E-state index in [9.17, 15) is 4.79 Å². The van der Waals surface area contributed by atoms with Gasteiger partial charge in [0.05, 0.1) is 16.1 Å². The molecule has 1 fully saturated rings. The molecule has 4 nitrogen and oxygen atoms in total. The molecule has 0 atom stereocenters. The normalized spacial score (nSPS) is 16.1. The first-order chi connectivity index (χ1) is 11.6. The smallest absolute Gasteiger partial charge is 0.263 e. The fourth-order valence-corrected chi connectivity index (χ4v) is 4.46. The number of hydrogen-bond acceptors (Lipinski definition) is 6. The summed E-state index contributed by atoms with van der Waals surface area (Å²) in [7, 11) is 0. The number of benzene rings is 1. The number of amides is 1. The van der Waals surface area contributed by atoms with Crippen molar-refractivity contribution in [2.75, 3.05) is 5.73 Å². The van der Waals surface area contributed by atoms with Gasteiger partial charge in [-0.15, -0.1) is 11.3 Å². The molecule has 4 rings (SSSR count). The Bertz CT molecular complexity index is 1020. The molecule has 118 valence electrons. The Morgan fingerprint density at radius 1 is 1.29 bits per heavy atom. The molecule has 1 aliphatic rings. The Hall–Kier alpha value is -2.22. The van der Waals surface area contributed by atoms with Gasteiger partial charge in [-0.3, -0.25) is 9.78 Å². The van der Waals surface area contributed by atoms with Gasteiger partial charge in [-0.2, -0.15) is 0 Å². The average Bonchev–Trinajstić information content (AvgIpc) is 3.15. The van der Waals surface area contributed by atoms with Crippen molar-refractivity contribution < 1.29 is 4.79 Å². The lowest BCUT2D eigenvalue weighted by Gasteiger charge is -2.06. The van der Waals surface area contributed by atoms with Gasteiger partial charge in [0, 0.05) is 22.0 Å². The van der Waals surface area contributed by atoms with E-state index in [1.165, 1.54) is 11.8 Å². The molecule has 0 saturated carbocycles. The Morgan fingerprint density at radius 2 is 2.12 bits per heavy atom. The van der Waals surface area contributed by atoms with Crippen molar-refractivity contribution in [3.8, 4) is 11.1 Å². The zero-order valence-corrected chi connectivity index (χ0v) is 14.7. The van der Waals surface area contributed by atoms with Crippen LogP contribution >= 0.6 is 35.3 Å². The zero-order chi connectivity index (χ0) is 16.7. The van der Waals surface area contributed by atoms with Crippen molar-refractivity contribution in [1.82, 2.24) is 10.3 Å². The fraction of sp³-hybridized carbons (Fsp3) is 0. The maximum absolute atomic E-state index is 11.8. The van der Waals surface area contributed by atoms with Crippen LogP contribution in [0.5, 0.6) is 0 Å². The second kappa shape index (κ2) is 6.01. The summed E-state index contributed by atoms with van der Waals surface area (Å²) in [5, 5.41) is 5.58. The molecule has 1 amide bonds. The molecule has 1 saturated heterocycles. The summed E-state index contributed by atoms with van der Waals surface area (Å²) in [6, 6.07) is 9.81. The standard InChI is InChI=1S/C17H11N3OS3/c18-15-11-3-1-2-4-13(11)19-7-12(15)9-5-10(23-8-9)6-14-16(21)20-17(22)24-14/h1-8H,(H2,18,19)(H,20,21,22). The van der Waals surface area contributed by atoms with Crippen molar-refractivity contribution in [2.24, 2.45) is 0 Å². The molecule has 0 bridgehead atoms. The molecule has 0 radical (unpaired) electrons. The predicted molar refractivity (Wildman–Crippen MR) is 106 cm³/mol. The van der Waals surface area contributed by atoms with E-state index in [4.69, 9.17) is 18.0 Å². The second-order valence-electron chi connectivity index (χ2n) is 5.19. The number of rotatable bonds is 2. The molecule has 0 spiro atoms. The van der Waals surface area contributed by atoms with E-state index in [1.807, 2.05) is 41.8 Å². The molecule has 1 aliphatic heterocycles. The third-order valence-corrected chi connectivity index (χ3v) is 5.71. The van der Waals surface area contributed by atoms with Crippen molar-refractivity contribution in [1.29, 1.82) is 0 Å². The number of nitrogens with zero attached hydrogens (tertiary/aromatic N) is 1. The Kier molecular flexibility index (Phi) is 3.84. The van der Waals surface area contributed by atoms with E-state index < -0.39 is 0 Å². The Labute approximate surface area is 151 Å². The van der Waals surface area contributed by atoms with Crippen LogP contribution in [0.1, 0.15) is 4.88 Å². The van der Waals surface area contributed by atoms with Gasteiger partial charge in [-0.05, 0) is 29.2 Å². The van der Waals surface area contributed by atoms with Gasteiger partial charge in [0.25, 0.3) is 5.91 Å². The van der Waals surface area contributed by atoms with Crippen LogP contribution in [0.15, 0.2) is 46.8 Å². The van der Waals surface area contributed by atoms with E-state index in [-0.39, 0.29) is 5.91 Å². The summed E-state index contributed by atoms with van der Waals surface area (Å²) in [6.45, 7) is 0. The van der Waals surface area contributed by atoms with Crippen LogP contribution in [0.3, 0.4) is 0 Å². The number of anilines is 1. The molecule has 3 N–H and O–H groups in total. The van der Waals surface area contributed by atoms with Crippen LogP contribution in [-0.4, -0.2) is 15.2 Å². The van der Waals surface area contributed by atoms with Crippen LogP contribution in [0.4, 0.5) is 5.69 Å². The maximum Gasteiger partial charge on any atom is 0.263 e. The van der Waals surface area contributed by atoms with Crippen molar-refractivity contribution in [3.05, 3.63) is 51.7 Å². The number of carbonyl (C=O) groups excluding carboxylic acids is 1. The van der Waals surface area contributed by atoms with E-state index >= 15 is 0 Å². The molecule has 1 aromatic carbocycles. The van der Waals surface area contributed by atoms with Gasteiger partial charge in [-0.25, -0.2) is 0 Å². The number of nitrogen functional groups attached to an aromatic ring is 1. The maximum atomic E-state index is 11.8. The number of nitrogens with two attached hydrogens (primary N) is 1. The van der Waals surface area contributed by atoms with Crippen LogP contribution in [0.2, 0.25) is 0 Å². The summed E-state index contributed by atoms with van der Waals surface area (Å²) in [4.78, 5) is 17.8. The molecular weight excluding hydrogens is 358 g/mol. The highest BCUT2D eigenvalue weighted by Crippen LogP contribution is 2.35. The number of thiocarbonyl (C=S) groups is 1. The molecule has 3 aromatic rings. The van der Waals surface area contributed by atoms with Crippen molar-refractivity contribution >= 4 is 68.2 Å². The monoisotopic (exact) mass is 369 g/mol.